The molecule has 1 aliphatic rings. The number of benzene rings is 1. The van der Waals surface area contributed by atoms with Gasteiger partial charge in [-0.15, -0.1) is 0 Å². The number of hydrogen-bond donors (Lipinski definition) is 0. The van der Waals surface area contributed by atoms with Crippen LogP contribution < -0.4 is 9.47 Å². The van der Waals surface area contributed by atoms with E-state index in [2.05, 4.69) is 0 Å². The van der Waals surface area contributed by atoms with Crippen molar-refractivity contribution >= 4 is 11.8 Å². The summed E-state index contributed by atoms with van der Waals surface area (Å²) >= 11 is 0. The summed E-state index contributed by atoms with van der Waals surface area (Å²) < 4.78 is 15.4. The zero-order chi connectivity index (χ0) is 16.3. The van der Waals surface area contributed by atoms with Gasteiger partial charge in [-0.1, -0.05) is 13.8 Å². The van der Waals surface area contributed by atoms with Gasteiger partial charge in [-0.05, 0) is 37.5 Å². The van der Waals surface area contributed by atoms with Crippen molar-refractivity contribution < 1.29 is 23.8 Å². The van der Waals surface area contributed by atoms with E-state index in [0.29, 0.717) is 23.5 Å². The zero-order valence-corrected chi connectivity index (χ0v) is 13.5. The molecule has 0 N–H and O–H groups in total. The Morgan fingerprint density at radius 2 is 1.95 bits per heavy atom. The minimum atomic E-state index is -0.823. The third-order valence-corrected chi connectivity index (χ3v) is 3.78. The van der Waals surface area contributed by atoms with Gasteiger partial charge >= 0.3 is 5.97 Å². The van der Waals surface area contributed by atoms with Gasteiger partial charge in [0.25, 0.3) is 0 Å². The van der Waals surface area contributed by atoms with E-state index in [1.807, 2.05) is 13.8 Å². The van der Waals surface area contributed by atoms with Gasteiger partial charge in [0.2, 0.25) is 6.79 Å². The predicted octanol–water partition coefficient (Wildman–Crippen LogP) is 3.21. The van der Waals surface area contributed by atoms with Crippen LogP contribution in [-0.2, 0) is 9.53 Å². The van der Waals surface area contributed by atoms with Crippen molar-refractivity contribution in [2.75, 3.05) is 13.9 Å². The van der Waals surface area contributed by atoms with Crippen LogP contribution in [0.25, 0.3) is 0 Å². The highest BCUT2D eigenvalue weighted by molar-refractivity contribution is 5.99. The number of carbonyl (C=O) groups excluding carboxylic acids is 2. The average molecular weight is 306 g/mol. The van der Waals surface area contributed by atoms with Crippen molar-refractivity contribution in [2.24, 2.45) is 11.3 Å². The highest BCUT2D eigenvalue weighted by Gasteiger charge is 2.37. The number of esters is 1. The summed E-state index contributed by atoms with van der Waals surface area (Å²) in [5.74, 6) is 1.03. The van der Waals surface area contributed by atoms with Crippen molar-refractivity contribution in [3.05, 3.63) is 23.8 Å². The fourth-order valence-corrected chi connectivity index (χ4v) is 2.90. The lowest BCUT2D eigenvalue weighted by molar-refractivity contribution is -0.152. The molecule has 0 saturated carbocycles. The molecule has 120 valence electrons. The number of ether oxygens (including phenoxy) is 3. The van der Waals surface area contributed by atoms with E-state index < -0.39 is 5.41 Å². The fourth-order valence-electron chi connectivity index (χ4n) is 2.90. The van der Waals surface area contributed by atoms with Crippen LogP contribution in [-0.4, -0.2) is 25.7 Å². The Balaban J connectivity index is 2.19. The number of ketones is 1. The molecule has 0 saturated heterocycles. The molecule has 1 atom stereocenters. The Morgan fingerprint density at radius 3 is 2.59 bits per heavy atom. The molecule has 1 heterocycles. The molecule has 5 nitrogen and oxygen atoms in total. The smallest absolute Gasteiger partial charge is 0.311 e. The standard InChI is InChI=1S/C17H22O5/c1-11(2)8-17(3,16(19)20-4)9-13(18)12-5-6-14-15(7-12)22-10-21-14/h5-7,11H,8-10H2,1-4H3/t17-/m0/s1. The molecule has 0 amide bonds. The van der Waals surface area contributed by atoms with Gasteiger partial charge < -0.3 is 14.2 Å². The third kappa shape index (κ3) is 3.40. The first-order chi connectivity index (χ1) is 10.4. The molecule has 0 spiro atoms. The fraction of sp³-hybridized carbons (Fsp3) is 0.529. The zero-order valence-electron chi connectivity index (χ0n) is 13.5. The average Bonchev–Trinajstić information content (AvgIpc) is 2.92. The molecular formula is C17H22O5. The van der Waals surface area contributed by atoms with Crippen LogP contribution in [0.4, 0.5) is 0 Å². The van der Waals surface area contributed by atoms with Crippen LogP contribution in [0.2, 0.25) is 0 Å². The minimum absolute atomic E-state index is 0.105. The van der Waals surface area contributed by atoms with E-state index in [9.17, 15) is 9.59 Å². The molecule has 1 aliphatic heterocycles. The van der Waals surface area contributed by atoms with Crippen molar-refractivity contribution in [2.45, 2.75) is 33.6 Å². The first-order valence-corrected chi connectivity index (χ1v) is 7.37. The molecular weight excluding hydrogens is 284 g/mol. The first kappa shape index (κ1) is 16.3. The monoisotopic (exact) mass is 306 g/mol. The maximum Gasteiger partial charge on any atom is 0.311 e. The van der Waals surface area contributed by atoms with Crippen molar-refractivity contribution in [3.8, 4) is 11.5 Å². The second kappa shape index (κ2) is 6.38. The quantitative estimate of drug-likeness (QED) is 0.596. The number of fused-ring (bicyclic) bond motifs is 1. The maximum absolute atomic E-state index is 12.6. The third-order valence-electron chi connectivity index (χ3n) is 3.78. The maximum atomic E-state index is 12.6. The lowest BCUT2D eigenvalue weighted by Crippen LogP contribution is -2.33. The second-order valence-electron chi connectivity index (χ2n) is 6.32. The van der Waals surface area contributed by atoms with Gasteiger partial charge in [0.1, 0.15) is 0 Å². The summed E-state index contributed by atoms with van der Waals surface area (Å²) in [5.41, 5.74) is -0.306. The molecule has 0 aliphatic carbocycles. The Labute approximate surface area is 130 Å². The summed E-state index contributed by atoms with van der Waals surface area (Å²) in [6.07, 6.45) is 0.702. The van der Waals surface area contributed by atoms with Gasteiger partial charge in [-0.2, -0.15) is 0 Å². The van der Waals surface area contributed by atoms with E-state index in [-0.39, 0.29) is 30.9 Å². The molecule has 2 rings (SSSR count). The number of rotatable bonds is 6. The topological polar surface area (TPSA) is 61.8 Å². The number of Topliss-reactive ketones (excluding diaryl/α,β-unsaturated/α-hetero) is 1. The summed E-state index contributed by atoms with van der Waals surface area (Å²) in [7, 11) is 1.35. The van der Waals surface area contributed by atoms with Gasteiger partial charge in [-0.25, -0.2) is 0 Å². The molecule has 0 radical (unpaired) electrons. The van der Waals surface area contributed by atoms with Gasteiger partial charge in [0, 0.05) is 12.0 Å². The summed E-state index contributed by atoms with van der Waals surface area (Å²) in [5, 5.41) is 0. The van der Waals surface area contributed by atoms with Crippen LogP contribution in [0.5, 0.6) is 11.5 Å². The lowest BCUT2D eigenvalue weighted by atomic mass is 9.77. The van der Waals surface area contributed by atoms with Gasteiger partial charge in [-0.3, -0.25) is 9.59 Å². The Hall–Kier alpha value is -2.04. The second-order valence-corrected chi connectivity index (χ2v) is 6.32. The van der Waals surface area contributed by atoms with E-state index in [1.54, 1.807) is 25.1 Å². The molecule has 22 heavy (non-hydrogen) atoms. The van der Waals surface area contributed by atoms with Crippen LogP contribution in [0, 0.1) is 11.3 Å². The van der Waals surface area contributed by atoms with Crippen molar-refractivity contribution in [3.63, 3.8) is 0 Å². The Bertz CT molecular complexity index is 578. The van der Waals surface area contributed by atoms with Crippen LogP contribution in [0.1, 0.15) is 44.0 Å². The normalized spacial score (nSPS) is 15.5. The molecule has 0 aromatic heterocycles. The van der Waals surface area contributed by atoms with E-state index in [4.69, 9.17) is 14.2 Å². The summed E-state index contributed by atoms with van der Waals surface area (Å²) in [4.78, 5) is 24.7. The lowest BCUT2D eigenvalue weighted by Gasteiger charge is -2.27. The van der Waals surface area contributed by atoms with Crippen molar-refractivity contribution in [1.29, 1.82) is 0 Å². The molecule has 0 bridgehead atoms. The van der Waals surface area contributed by atoms with E-state index in [0.717, 1.165) is 0 Å². The minimum Gasteiger partial charge on any atom is -0.469 e. The summed E-state index contributed by atoms with van der Waals surface area (Å²) in [6.45, 7) is 5.99. The first-order valence-electron chi connectivity index (χ1n) is 7.37. The molecule has 1 aromatic rings. The van der Waals surface area contributed by atoms with E-state index in [1.165, 1.54) is 7.11 Å². The number of methoxy groups -OCH3 is 1. The van der Waals surface area contributed by atoms with Gasteiger partial charge in [0.15, 0.2) is 17.3 Å². The number of hydrogen-bond acceptors (Lipinski definition) is 5. The van der Waals surface area contributed by atoms with E-state index >= 15 is 0 Å². The predicted molar refractivity (Wildman–Crippen MR) is 81.1 cm³/mol. The molecule has 0 unspecified atom stereocenters. The highest BCUT2D eigenvalue weighted by Crippen LogP contribution is 2.36. The highest BCUT2D eigenvalue weighted by atomic mass is 16.7. The Kier molecular flexibility index (Phi) is 4.74. The number of carbonyl (C=O) groups is 2. The Morgan fingerprint density at radius 1 is 1.27 bits per heavy atom. The molecule has 0 fully saturated rings. The van der Waals surface area contributed by atoms with Crippen LogP contribution >= 0.6 is 0 Å². The van der Waals surface area contributed by atoms with Crippen LogP contribution in [0.3, 0.4) is 0 Å². The van der Waals surface area contributed by atoms with Crippen molar-refractivity contribution in [1.82, 2.24) is 0 Å². The molecule has 1 aromatic carbocycles. The molecule has 5 heteroatoms. The SMILES string of the molecule is COC(=O)[C@](C)(CC(=O)c1ccc2c(c1)OCO2)CC(C)C. The summed E-state index contributed by atoms with van der Waals surface area (Å²) in [6, 6.07) is 5.08. The largest absolute Gasteiger partial charge is 0.469 e. The van der Waals surface area contributed by atoms with Gasteiger partial charge in [0.05, 0.1) is 12.5 Å². The van der Waals surface area contributed by atoms with Crippen LogP contribution in [0.15, 0.2) is 18.2 Å².